The fourth-order valence-electron chi connectivity index (χ4n) is 15.1. The minimum absolute atomic E-state index is 0.00463. The maximum Gasteiger partial charge on any atom is 0.293 e. The number of anilines is 2. The first-order valence-corrected chi connectivity index (χ1v) is 41.6. The van der Waals surface area contributed by atoms with Crippen LogP contribution in [0.1, 0.15) is 145 Å². The van der Waals surface area contributed by atoms with Crippen LogP contribution in [0.15, 0.2) is 142 Å². The Morgan fingerprint density at radius 1 is 0.843 bits per heavy atom. The monoisotopic (exact) mass is 1550 g/mol. The summed E-state index contributed by atoms with van der Waals surface area (Å²) < 4.78 is 29.6. The fraction of sp³-hybridized carbons (Fsp3) is 0.506. The third-order valence-corrected chi connectivity index (χ3v) is 25.1. The first-order valence-electron chi connectivity index (χ1n) is 37.9. The van der Waals surface area contributed by atoms with Crippen molar-refractivity contribution in [3.05, 3.63) is 170 Å². The molecule has 5 amide bonds. The molecule has 5 aromatic carbocycles. The van der Waals surface area contributed by atoms with Crippen LogP contribution >= 0.6 is 34.7 Å². The number of aromatic nitrogens is 1. The van der Waals surface area contributed by atoms with Gasteiger partial charge >= 0.3 is 0 Å². The lowest BCUT2D eigenvalue weighted by Gasteiger charge is -2.44. The van der Waals surface area contributed by atoms with Gasteiger partial charge in [0.1, 0.15) is 17.8 Å². The average molecular weight is 1560 g/mol. The summed E-state index contributed by atoms with van der Waals surface area (Å²) in [5, 5.41) is 42.9. The molecule has 23 nitrogen and oxygen atoms in total. The number of thiazole rings is 1. The molecule has 6 aromatic rings. The number of nitrogens with one attached hydrogen (secondary N) is 4. The number of likely N-dealkylation sites (tertiary alicyclic amines) is 1. The molecule has 3 aliphatic heterocycles. The van der Waals surface area contributed by atoms with Gasteiger partial charge in [0.25, 0.3) is 21.6 Å². The molecule has 3 saturated heterocycles. The third-order valence-electron chi connectivity index (χ3n) is 21.4. The van der Waals surface area contributed by atoms with Gasteiger partial charge in [0.05, 0.1) is 44.7 Å². The number of thioether (sulfide) groups is 1. The number of amides is 5. The Balaban J connectivity index is 0.650. The predicted octanol–water partition coefficient (Wildman–Crippen LogP) is 11.7. The number of aliphatic hydroxyl groups is 2. The van der Waals surface area contributed by atoms with Crippen molar-refractivity contribution < 1.29 is 47.5 Å². The van der Waals surface area contributed by atoms with Crippen molar-refractivity contribution in [3.63, 3.8) is 0 Å². The van der Waals surface area contributed by atoms with E-state index in [2.05, 4.69) is 64.3 Å². The molecule has 0 bridgehead atoms. The van der Waals surface area contributed by atoms with Crippen molar-refractivity contribution >= 4 is 96.9 Å². The summed E-state index contributed by atoms with van der Waals surface area (Å²) in [4.78, 5) is 99.5. The van der Waals surface area contributed by atoms with E-state index >= 15 is 0 Å². The van der Waals surface area contributed by atoms with Crippen molar-refractivity contribution in [1.82, 2.24) is 44.8 Å². The summed E-state index contributed by atoms with van der Waals surface area (Å²) in [5.41, 5.74) is 8.72. The number of nitrogens with zero attached hydrogens (tertiary/aromatic N) is 8. The number of likely N-dealkylation sites (N-methyl/N-ethyl adjacent to an activating group) is 1. The van der Waals surface area contributed by atoms with E-state index in [0.717, 1.165) is 129 Å². The van der Waals surface area contributed by atoms with Gasteiger partial charge in [0.15, 0.2) is 0 Å². The van der Waals surface area contributed by atoms with Crippen molar-refractivity contribution in [2.45, 2.75) is 159 Å². The van der Waals surface area contributed by atoms with Crippen LogP contribution in [0.2, 0.25) is 5.02 Å². The molecule has 1 aliphatic carbocycles. The quantitative estimate of drug-likeness (QED) is 0.00947. The standard InChI is InChI=1S/C81H107ClN12O11S3/c1-8-88(46-47-95)37-35-64(53-106-67-16-12-11-13-17-67)85-70-33-32-68(49-71(70)94(102)103)108(104,105)87-77(99)61-26-30-65(31-27-61)91-42-38-89(39-43-91)51-62-50-81(7,36-34-69(62)59-24-28-63(82)29-25-59)54-90-40-44-92(45-41-90)74(98)19-15-10-9-14-18-73(97)86-76(80(4,5)6)79(101)93-52-66(96)48-72(93)78(100)84-56(2)58-20-22-60(23-21-58)75-57(3)83-55-107-75/h11-13,16-17,20-33,49,55-56,64,66,72,76,85,95-96H,8-10,14-15,18-19,34-48,50-54H2,1-7H3,(H,84,100)(H,86,97)(H,87,99)/t56-,64+,66+,72-,76+,81?/m0/s1. The van der Waals surface area contributed by atoms with E-state index in [1.165, 1.54) is 33.7 Å². The summed E-state index contributed by atoms with van der Waals surface area (Å²) >= 11 is 9.58. The Morgan fingerprint density at radius 3 is 2.17 bits per heavy atom. The SMILES string of the molecule is CCN(CCO)CC[C@H](CSc1ccccc1)Nc1ccc(S(=O)(=O)NC(=O)c2ccc(N3CCN(CC4=C(c5ccc(Cl)cc5)CCC(C)(CN5CCN(C(=O)CCCCCCC(=O)N[C@H](C(=O)N6C[C@H](O)C[C@H]6C(=O)N[C@@H](C)c6ccc(-c7scnc7C)cc6)C(C)(C)C)CC5)C4)CC3)cc2)cc1[N+](=O)[O-]. The molecule has 10 rings (SSSR count). The Labute approximate surface area is 649 Å². The van der Waals surface area contributed by atoms with Crippen LogP contribution in [0.3, 0.4) is 0 Å². The Hall–Kier alpha value is -7.79. The number of allylic oxidation sites excluding steroid dienone is 1. The normalized spacial score (nSPS) is 19.1. The molecule has 4 aliphatic rings. The zero-order valence-electron chi connectivity index (χ0n) is 63.4. The van der Waals surface area contributed by atoms with Gasteiger partial charge in [0, 0.05) is 143 Å². The number of halogens is 1. The van der Waals surface area contributed by atoms with Gasteiger partial charge < -0.3 is 45.8 Å². The number of sulfonamides is 1. The molecule has 3 fully saturated rings. The number of aliphatic hydroxyl groups excluding tert-OH is 2. The second-order valence-electron chi connectivity index (χ2n) is 30.6. The molecular weight excluding hydrogens is 1450 g/mol. The average Bonchev–Trinajstić information content (AvgIpc) is 1.76. The largest absolute Gasteiger partial charge is 0.395 e. The van der Waals surface area contributed by atoms with Gasteiger partial charge in [0.2, 0.25) is 23.6 Å². The number of nitro benzene ring substituents is 1. The van der Waals surface area contributed by atoms with Crippen LogP contribution in [0.4, 0.5) is 17.1 Å². The molecule has 1 unspecified atom stereocenters. The molecular formula is C81H107ClN12O11S3. The Kier molecular flexibility index (Phi) is 29.3. The van der Waals surface area contributed by atoms with E-state index in [1.807, 2.05) is 131 Å². The van der Waals surface area contributed by atoms with E-state index in [4.69, 9.17) is 11.6 Å². The Bertz CT molecular complexity index is 4190. The zero-order chi connectivity index (χ0) is 77.3. The van der Waals surface area contributed by atoms with Gasteiger partial charge in [-0.15, -0.1) is 23.1 Å². The van der Waals surface area contributed by atoms with Crippen molar-refractivity contribution in [2.75, 3.05) is 114 Å². The van der Waals surface area contributed by atoms with E-state index < -0.39 is 60.9 Å². The molecule has 4 heterocycles. The highest BCUT2D eigenvalue weighted by atomic mass is 35.5. The summed E-state index contributed by atoms with van der Waals surface area (Å²) in [6.45, 7) is 23.4. The number of hydrogen-bond donors (Lipinski definition) is 6. The molecule has 0 spiro atoms. The van der Waals surface area contributed by atoms with E-state index in [-0.39, 0.29) is 72.5 Å². The first-order chi connectivity index (χ1) is 51.7. The smallest absolute Gasteiger partial charge is 0.293 e. The van der Waals surface area contributed by atoms with Crippen molar-refractivity contribution in [3.8, 4) is 10.4 Å². The molecule has 6 atom stereocenters. The number of hydrogen-bond acceptors (Lipinski definition) is 19. The highest BCUT2D eigenvalue weighted by Crippen LogP contribution is 2.44. The second-order valence-corrected chi connectivity index (χ2v) is 34.7. The van der Waals surface area contributed by atoms with Crippen LogP contribution in [-0.2, 0) is 29.2 Å². The zero-order valence-corrected chi connectivity index (χ0v) is 66.6. The Morgan fingerprint density at radius 2 is 1.52 bits per heavy atom. The van der Waals surface area contributed by atoms with Crippen molar-refractivity contribution in [2.24, 2.45) is 10.8 Å². The predicted molar refractivity (Wildman–Crippen MR) is 429 cm³/mol. The van der Waals surface area contributed by atoms with Gasteiger partial charge in [-0.2, -0.15) is 0 Å². The third kappa shape index (κ3) is 22.7. The summed E-state index contributed by atoms with van der Waals surface area (Å²) in [6.07, 6.45) is 6.18. The topological polar surface area (TPSA) is 284 Å². The number of carbonyl (C=O) groups excluding carboxylic acids is 5. The summed E-state index contributed by atoms with van der Waals surface area (Å²) in [5.74, 6) is -1.18. The highest BCUT2D eigenvalue weighted by Gasteiger charge is 2.45. The molecule has 108 heavy (non-hydrogen) atoms. The van der Waals surface area contributed by atoms with Crippen LogP contribution in [0, 0.1) is 27.9 Å². The number of rotatable bonds is 34. The number of nitro groups is 1. The van der Waals surface area contributed by atoms with Crippen LogP contribution in [-0.4, -0.2) is 211 Å². The minimum atomic E-state index is -4.53. The molecule has 0 saturated carbocycles. The van der Waals surface area contributed by atoms with Crippen molar-refractivity contribution in [1.29, 1.82) is 0 Å². The van der Waals surface area contributed by atoms with Gasteiger partial charge in [-0.25, -0.2) is 18.1 Å². The van der Waals surface area contributed by atoms with Crippen LogP contribution < -0.4 is 25.6 Å². The van der Waals surface area contributed by atoms with E-state index in [9.17, 15) is 52.7 Å². The summed E-state index contributed by atoms with van der Waals surface area (Å²) in [7, 11) is -4.53. The number of benzene rings is 5. The van der Waals surface area contributed by atoms with Gasteiger partial charge in [-0.3, -0.25) is 43.9 Å². The minimum Gasteiger partial charge on any atom is -0.395 e. The first kappa shape index (κ1) is 82.7. The van der Waals surface area contributed by atoms with E-state index in [1.54, 1.807) is 35.2 Å². The number of piperazine rings is 2. The highest BCUT2D eigenvalue weighted by molar-refractivity contribution is 7.99. The molecule has 6 N–H and O–H groups in total. The lowest BCUT2D eigenvalue weighted by Crippen LogP contribution is -2.57. The van der Waals surface area contributed by atoms with E-state index in [0.29, 0.717) is 62.6 Å². The molecule has 582 valence electrons. The van der Waals surface area contributed by atoms with Gasteiger partial charge in [-0.05, 0) is 153 Å². The molecule has 27 heteroatoms. The fourth-order valence-corrected chi connectivity index (χ4v) is 18.0. The number of aryl methyl sites for hydroxylation is 1. The number of carbonyl (C=O) groups is 5. The summed E-state index contributed by atoms with van der Waals surface area (Å²) in [6, 6.07) is 33.9. The number of β-amino-alcohol motifs (C(OH)–C–C–N with tert-alkyl or cyclic N) is 1. The van der Waals surface area contributed by atoms with Crippen LogP contribution in [0.5, 0.6) is 0 Å². The maximum absolute atomic E-state index is 14.3. The molecule has 1 aromatic heterocycles. The lowest BCUT2D eigenvalue weighted by atomic mass is 9.71. The lowest BCUT2D eigenvalue weighted by molar-refractivity contribution is -0.384. The molecule has 0 radical (unpaired) electrons. The maximum atomic E-state index is 14.3. The van der Waals surface area contributed by atoms with Gasteiger partial charge in [-0.1, -0.05) is 119 Å². The van der Waals surface area contributed by atoms with Crippen LogP contribution in [0.25, 0.3) is 16.0 Å². The second kappa shape index (κ2) is 38.2. The number of unbranched alkanes of at least 4 members (excludes halogenated alkanes) is 3.